The first-order valence-electron chi connectivity index (χ1n) is 4.44. The summed E-state index contributed by atoms with van der Waals surface area (Å²) >= 11 is 9.18. The van der Waals surface area contributed by atoms with Gasteiger partial charge in [-0.2, -0.15) is 0 Å². The molecule has 0 unspecified atom stereocenters. The average Bonchev–Trinajstić information content (AvgIpc) is 2.25. The molecule has 0 spiro atoms. The van der Waals surface area contributed by atoms with E-state index in [0.717, 1.165) is 4.47 Å². The second-order valence-electron chi connectivity index (χ2n) is 3.01. The summed E-state index contributed by atoms with van der Waals surface area (Å²) in [5.74, 6) is 0.619. The Bertz CT molecular complexity index is 519. The van der Waals surface area contributed by atoms with Crippen molar-refractivity contribution in [1.29, 1.82) is 0 Å². The lowest BCUT2D eigenvalue weighted by Crippen LogP contribution is -1.89. The maximum atomic E-state index is 9.51. The highest BCUT2D eigenvalue weighted by Crippen LogP contribution is 2.33. The SMILES string of the molecule is Oc1ccccc1Oc1ncc(Br)cc1Cl. The number of halogens is 2. The molecular weight excluding hydrogens is 293 g/mol. The topological polar surface area (TPSA) is 42.4 Å². The zero-order valence-electron chi connectivity index (χ0n) is 8.02. The second-order valence-corrected chi connectivity index (χ2v) is 4.33. The van der Waals surface area contributed by atoms with Crippen LogP contribution in [0.2, 0.25) is 5.02 Å². The van der Waals surface area contributed by atoms with Gasteiger partial charge >= 0.3 is 0 Å². The molecule has 1 aromatic carbocycles. The van der Waals surface area contributed by atoms with E-state index in [4.69, 9.17) is 16.3 Å². The van der Waals surface area contributed by atoms with E-state index in [2.05, 4.69) is 20.9 Å². The van der Waals surface area contributed by atoms with E-state index in [-0.39, 0.29) is 11.6 Å². The van der Waals surface area contributed by atoms with E-state index in [1.165, 1.54) is 6.07 Å². The quantitative estimate of drug-likeness (QED) is 0.911. The molecule has 0 fully saturated rings. The smallest absolute Gasteiger partial charge is 0.238 e. The molecule has 0 bridgehead atoms. The minimum absolute atomic E-state index is 0.0447. The van der Waals surface area contributed by atoms with Crippen LogP contribution in [0.5, 0.6) is 17.4 Å². The first-order chi connectivity index (χ1) is 7.66. The van der Waals surface area contributed by atoms with Crippen LogP contribution in [-0.4, -0.2) is 10.1 Å². The molecule has 0 aliphatic heterocycles. The molecule has 0 saturated heterocycles. The first kappa shape index (κ1) is 11.2. The fourth-order valence-electron chi connectivity index (χ4n) is 1.12. The molecule has 2 aromatic rings. The Hall–Kier alpha value is -1.26. The van der Waals surface area contributed by atoms with Crippen molar-refractivity contribution in [3.8, 4) is 17.4 Å². The third-order valence-electron chi connectivity index (χ3n) is 1.85. The number of pyridine rings is 1. The Morgan fingerprint density at radius 3 is 2.75 bits per heavy atom. The van der Waals surface area contributed by atoms with Crippen LogP contribution in [0.4, 0.5) is 0 Å². The summed E-state index contributed by atoms with van der Waals surface area (Å²) in [6, 6.07) is 8.29. The van der Waals surface area contributed by atoms with Crippen molar-refractivity contribution in [2.24, 2.45) is 0 Å². The van der Waals surface area contributed by atoms with Gasteiger partial charge in [0.2, 0.25) is 5.88 Å². The molecular formula is C11H7BrClNO2. The van der Waals surface area contributed by atoms with Crippen molar-refractivity contribution >= 4 is 27.5 Å². The summed E-state index contributed by atoms with van der Waals surface area (Å²) in [5, 5.41) is 9.88. The predicted octanol–water partition coefficient (Wildman–Crippen LogP) is 4.00. The molecule has 82 valence electrons. The molecule has 0 atom stereocenters. The Labute approximate surface area is 106 Å². The Morgan fingerprint density at radius 1 is 1.31 bits per heavy atom. The molecule has 3 nitrogen and oxygen atoms in total. The van der Waals surface area contributed by atoms with Gasteiger partial charge in [0.25, 0.3) is 0 Å². The summed E-state index contributed by atoms with van der Waals surface area (Å²) in [6.45, 7) is 0. The third kappa shape index (κ3) is 2.46. The molecule has 1 aromatic heterocycles. The van der Waals surface area contributed by atoms with Gasteiger partial charge in [-0.1, -0.05) is 23.7 Å². The number of aromatic nitrogens is 1. The van der Waals surface area contributed by atoms with E-state index >= 15 is 0 Å². The van der Waals surface area contributed by atoms with Crippen molar-refractivity contribution in [3.63, 3.8) is 0 Å². The van der Waals surface area contributed by atoms with Crippen molar-refractivity contribution in [2.45, 2.75) is 0 Å². The van der Waals surface area contributed by atoms with Gasteiger partial charge in [0.05, 0.1) is 0 Å². The summed E-state index contributed by atoms with van der Waals surface area (Å²) in [5.41, 5.74) is 0. The fraction of sp³-hybridized carbons (Fsp3) is 0. The normalized spacial score (nSPS) is 10.1. The van der Waals surface area contributed by atoms with Crippen LogP contribution in [0.3, 0.4) is 0 Å². The van der Waals surface area contributed by atoms with Gasteiger partial charge in [0, 0.05) is 10.7 Å². The number of hydrogen-bond donors (Lipinski definition) is 1. The molecule has 0 saturated carbocycles. The van der Waals surface area contributed by atoms with E-state index in [0.29, 0.717) is 10.8 Å². The van der Waals surface area contributed by atoms with Crippen molar-refractivity contribution in [2.75, 3.05) is 0 Å². The van der Waals surface area contributed by atoms with E-state index in [9.17, 15) is 5.11 Å². The number of ether oxygens (including phenoxy) is 1. The number of phenolic OH excluding ortho intramolecular Hbond substituents is 1. The molecule has 0 aliphatic rings. The minimum Gasteiger partial charge on any atom is -0.504 e. The lowest BCUT2D eigenvalue weighted by Gasteiger charge is -2.07. The number of hydrogen-bond acceptors (Lipinski definition) is 3. The molecule has 1 heterocycles. The molecule has 1 N–H and O–H groups in total. The minimum atomic E-state index is 0.0447. The van der Waals surface area contributed by atoms with Crippen LogP contribution >= 0.6 is 27.5 Å². The van der Waals surface area contributed by atoms with E-state index in [1.807, 2.05) is 0 Å². The summed E-state index contributed by atoms with van der Waals surface area (Å²) in [7, 11) is 0. The lowest BCUT2D eigenvalue weighted by molar-refractivity contribution is 0.403. The molecule has 0 amide bonds. The van der Waals surface area contributed by atoms with E-state index < -0.39 is 0 Å². The Kier molecular flexibility index (Phi) is 3.31. The number of phenols is 1. The summed E-state index contributed by atoms with van der Waals surface area (Å²) in [4.78, 5) is 4.00. The lowest BCUT2D eigenvalue weighted by atomic mass is 10.3. The predicted molar refractivity (Wildman–Crippen MR) is 65.1 cm³/mol. The van der Waals surface area contributed by atoms with E-state index in [1.54, 1.807) is 30.5 Å². The van der Waals surface area contributed by atoms with Gasteiger partial charge < -0.3 is 9.84 Å². The highest BCUT2D eigenvalue weighted by atomic mass is 79.9. The largest absolute Gasteiger partial charge is 0.504 e. The highest BCUT2D eigenvalue weighted by Gasteiger charge is 2.07. The van der Waals surface area contributed by atoms with Crippen LogP contribution in [0.15, 0.2) is 41.0 Å². The van der Waals surface area contributed by atoms with Gasteiger partial charge in [-0.05, 0) is 34.1 Å². The van der Waals surface area contributed by atoms with Gasteiger partial charge in [-0.3, -0.25) is 0 Å². The second kappa shape index (κ2) is 4.72. The van der Waals surface area contributed by atoms with Gasteiger partial charge in [-0.15, -0.1) is 0 Å². The van der Waals surface area contributed by atoms with Crippen LogP contribution in [0.25, 0.3) is 0 Å². The highest BCUT2D eigenvalue weighted by molar-refractivity contribution is 9.10. The molecule has 5 heteroatoms. The first-order valence-corrected chi connectivity index (χ1v) is 5.61. The number of para-hydroxylation sites is 2. The molecule has 16 heavy (non-hydrogen) atoms. The number of aromatic hydroxyl groups is 1. The Balaban J connectivity index is 2.31. The van der Waals surface area contributed by atoms with Crippen molar-refractivity contribution in [3.05, 3.63) is 46.0 Å². The molecule has 0 aliphatic carbocycles. The van der Waals surface area contributed by atoms with Crippen LogP contribution in [0, 0.1) is 0 Å². The maximum Gasteiger partial charge on any atom is 0.238 e. The number of benzene rings is 1. The fourth-order valence-corrected chi connectivity index (χ4v) is 1.79. The molecule has 2 rings (SSSR count). The van der Waals surface area contributed by atoms with Gasteiger partial charge in [0.1, 0.15) is 5.02 Å². The number of nitrogens with zero attached hydrogens (tertiary/aromatic N) is 1. The zero-order valence-corrected chi connectivity index (χ0v) is 10.4. The monoisotopic (exact) mass is 299 g/mol. The maximum absolute atomic E-state index is 9.51. The number of rotatable bonds is 2. The Morgan fingerprint density at radius 2 is 2.06 bits per heavy atom. The van der Waals surface area contributed by atoms with Crippen molar-refractivity contribution in [1.82, 2.24) is 4.98 Å². The third-order valence-corrected chi connectivity index (χ3v) is 2.55. The van der Waals surface area contributed by atoms with Crippen LogP contribution in [0.1, 0.15) is 0 Å². The average molecular weight is 301 g/mol. The van der Waals surface area contributed by atoms with Crippen LogP contribution in [-0.2, 0) is 0 Å². The zero-order chi connectivity index (χ0) is 11.5. The van der Waals surface area contributed by atoms with Crippen molar-refractivity contribution < 1.29 is 9.84 Å². The van der Waals surface area contributed by atoms with Crippen LogP contribution < -0.4 is 4.74 Å². The molecule has 0 radical (unpaired) electrons. The summed E-state index contributed by atoms with van der Waals surface area (Å²) < 4.78 is 6.15. The van der Waals surface area contributed by atoms with Gasteiger partial charge in [-0.25, -0.2) is 4.98 Å². The standard InChI is InChI=1S/C11H7BrClNO2/c12-7-5-8(13)11(14-6-7)16-10-4-2-1-3-9(10)15/h1-6,15H. The summed E-state index contributed by atoms with van der Waals surface area (Å²) in [6.07, 6.45) is 1.57. The van der Waals surface area contributed by atoms with Gasteiger partial charge in [0.15, 0.2) is 11.5 Å².